The van der Waals surface area contributed by atoms with Crippen LogP contribution in [0.25, 0.3) is 0 Å². The molecule has 140 valence electrons. The van der Waals surface area contributed by atoms with E-state index < -0.39 is 11.4 Å². The number of likely N-dealkylation sites (tertiary alicyclic amines) is 1. The van der Waals surface area contributed by atoms with E-state index in [1.54, 1.807) is 12.1 Å². The van der Waals surface area contributed by atoms with Gasteiger partial charge in [-0.3, -0.25) is 4.90 Å². The number of rotatable bonds is 6. The average molecular weight is 367 g/mol. The third-order valence-corrected chi connectivity index (χ3v) is 6.95. The zero-order valence-corrected chi connectivity index (χ0v) is 16.9. The van der Waals surface area contributed by atoms with Crippen LogP contribution in [0, 0.1) is 5.82 Å². The zero-order chi connectivity index (χ0) is 18.8. The summed E-state index contributed by atoms with van der Waals surface area (Å²) in [5.74, 6) is -0.196. The smallest absolute Gasteiger partial charge is 0.137 e. The Kier molecular flexibility index (Phi) is 6.71. The predicted octanol–water partition coefficient (Wildman–Crippen LogP) is 4.30. The molecule has 1 aliphatic rings. The van der Waals surface area contributed by atoms with Gasteiger partial charge in [-0.25, -0.2) is 4.39 Å². The molecule has 1 aromatic rings. The fourth-order valence-corrected chi connectivity index (χ4v) is 5.03. The lowest BCUT2D eigenvalue weighted by Gasteiger charge is -2.39. The van der Waals surface area contributed by atoms with Crippen LogP contribution in [-0.2, 0) is 11.4 Å². The zero-order valence-electron chi connectivity index (χ0n) is 16.0. The van der Waals surface area contributed by atoms with E-state index in [1.165, 1.54) is 6.07 Å². The normalized spacial score (nSPS) is 24.5. The molecule has 2 rings (SSSR count). The quantitative estimate of drug-likeness (QED) is 0.555. The summed E-state index contributed by atoms with van der Waals surface area (Å²) in [5.41, 5.74) is 1.01. The number of benzene rings is 1. The molecule has 3 nitrogen and oxygen atoms in total. The van der Waals surface area contributed by atoms with E-state index in [0.29, 0.717) is 0 Å². The number of nitrogens with zero attached hydrogens (tertiary/aromatic N) is 2. The lowest BCUT2D eigenvalue weighted by Crippen LogP contribution is -2.52. The Balaban J connectivity index is 2.22. The summed E-state index contributed by atoms with van der Waals surface area (Å²) < 4.78 is 28.1. The highest BCUT2D eigenvalue weighted by molar-refractivity contribution is 7.90. The van der Waals surface area contributed by atoms with Crippen molar-refractivity contribution in [1.82, 2.24) is 9.21 Å². The third-order valence-electron chi connectivity index (χ3n) is 5.05. The topological polar surface area (TPSA) is 29.5 Å². The third kappa shape index (κ3) is 4.64. The largest absolute Gasteiger partial charge is 0.597 e. The SMILES string of the molecule is C=CCN1[C@@H](C(C)N(C)[S@@+]([O-])C(C)(C)C)CC[C@H]1c1cccc(F)c1. The van der Waals surface area contributed by atoms with E-state index in [1.807, 2.05) is 44.3 Å². The van der Waals surface area contributed by atoms with Gasteiger partial charge in [-0.1, -0.05) is 18.2 Å². The first-order valence-electron chi connectivity index (χ1n) is 8.93. The van der Waals surface area contributed by atoms with E-state index in [4.69, 9.17) is 0 Å². The van der Waals surface area contributed by atoms with E-state index in [2.05, 4.69) is 18.4 Å². The fourth-order valence-electron chi connectivity index (χ4n) is 3.72. The van der Waals surface area contributed by atoms with Gasteiger partial charge in [-0.05, 0) is 58.2 Å². The van der Waals surface area contributed by atoms with Gasteiger partial charge in [0.1, 0.15) is 10.6 Å². The fraction of sp³-hybridized carbons (Fsp3) is 0.600. The van der Waals surface area contributed by atoms with Crippen molar-refractivity contribution in [3.63, 3.8) is 0 Å². The molecule has 0 spiro atoms. The number of likely N-dealkylation sites (N-methyl/N-ethyl adjacent to an activating group) is 1. The van der Waals surface area contributed by atoms with E-state index in [-0.39, 0.29) is 28.7 Å². The second kappa shape index (κ2) is 8.21. The lowest BCUT2D eigenvalue weighted by atomic mass is 10.0. The van der Waals surface area contributed by atoms with Crippen LogP contribution in [0.2, 0.25) is 0 Å². The Morgan fingerprint density at radius 3 is 2.68 bits per heavy atom. The van der Waals surface area contributed by atoms with Crippen LogP contribution in [0.5, 0.6) is 0 Å². The van der Waals surface area contributed by atoms with Crippen LogP contribution in [0.1, 0.15) is 52.1 Å². The molecule has 1 heterocycles. The minimum atomic E-state index is -1.07. The van der Waals surface area contributed by atoms with E-state index in [9.17, 15) is 8.94 Å². The van der Waals surface area contributed by atoms with Gasteiger partial charge in [0, 0.05) is 37.0 Å². The Bertz CT molecular complexity index is 589. The molecular weight excluding hydrogens is 335 g/mol. The molecule has 25 heavy (non-hydrogen) atoms. The highest BCUT2D eigenvalue weighted by Crippen LogP contribution is 2.39. The van der Waals surface area contributed by atoms with Crippen molar-refractivity contribution in [3.05, 3.63) is 48.3 Å². The highest BCUT2D eigenvalue weighted by Gasteiger charge is 2.42. The number of halogens is 1. The number of hydrogen-bond donors (Lipinski definition) is 0. The summed E-state index contributed by atoms with van der Waals surface area (Å²) in [6.45, 7) is 12.8. The van der Waals surface area contributed by atoms with E-state index in [0.717, 1.165) is 24.9 Å². The van der Waals surface area contributed by atoms with Gasteiger partial charge in [-0.15, -0.1) is 10.9 Å². The molecule has 1 aliphatic heterocycles. The van der Waals surface area contributed by atoms with Crippen LogP contribution in [0.15, 0.2) is 36.9 Å². The maximum atomic E-state index is 13.7. The molecule has 0 N–H and O–H groups in total. The molecule has 0 saturated carbocycles. The summed E-state index contributed by atoms with van der Waals surface area (Å²) in [6.07, 6.45) is 3.88. The Morgan fingerprint density at radius 2 is 2.12 bits per heavy atom. The molecule has 4 atom stereocenters. The maximum Gasteiger partial charge on any atom is 0.137 e. The van der Waals surface area contributed by atoms with Crippen LogP contribution in [0.4, 0.5) is 4.39 Å². The lowest BCUT2D eigenvalue weighted by molar-refractivity contribution is 0.156. The molecule has 0 aliphatic carbocycles. The van der Waals surface area contributed by atoms with Crippen molar-refractivity contribution in [2.24, 2.45) is 0 Å². The van der Waals surface area contributed by atoms with E-state index >= 15 is 0 Å². The standard InChI is InChI=1S/C20H31FN2OS/c1-7-13-23-18(15(2)22(6)25(24)20(3,4)5)11-12-19(23)16-9-8-10-17(21)14-16/h7-10,14-15,18-19H,1,11-13H2,2-6H3/t15?,18-,19+,25+/m1/s1. The summed E-state index contributed by atoms with van der Waals surface area (Å²) in [7, 11) is 1.94. The van der Waals surface area contributed by atoms with Crippen LogP contribution < -0.4 is 0 Å². The van der Waals surface area contributed by atoms with Crippen molar-refractivity contribution in [1.29, 1.82) is 0 Å². The Morgan fingerprint density at radius 1 is 1.44 bits per heavy atom. The molecule has 0 radical (unpaired) electrons. The van der Waals surface area contributed by atoms with Crippen molar-refractivity contribution in [2.75, 3.05) is 13.6 Å². The molecule has 0 aromatic heterocycles. The summed E-state index contributed by atoms with van der Waals surface area (Å²) in [5, 5.41) is 0. The molecular formula is C20H31FN2OS. The highest BCUT2D eigenvalue weighted by atomic mass is 32.2. The summed E-state index contributed by atoms with van der Waals surface area (Å²) >= 11 is -1.07. The van der Waals surface area contributed by atoms with Gasteiger partial charge >= 0.3 is 0 Å². The molecule has 5 heteroatoms. The molecule has 0 bridgehead atoms. The average Bonchev–Trinajstić information content (AvgIpc) is 2.96. The minimum Gasteiger partial charge on any atom is -0.597 e. The predicted molar refractivity (Wildman–Crippen MR) is 104 cm³/mol. The number of hydrogen-bond acceptors (Lipinski definition) is 3. The second-order valence-electron chi connectivity index (χ2n) is 7.85. The first-order valence-corrected chi connectivity index (χ1v) is 10.0. The van der Waals surface area contributed by atoms with Gasteiger partial charge in [0.05, 0.1) is 6.04 Å². The minimum absolute atomic E-state index is 0.138. The van der Waals surface area contributed by atoms with Crippen LogP contribution >= 0.6 is 0 Å². The van der Waals surface area contributed by atoms with Crippen LogP contribution in [-0.4, -0.2) is 44.2 Å². The monoisotopic (exact) mass is 366 g/mol. The summed E-state index contributed by atoms with van der Waals surface area (Å²) in [4.78, 5) is 2.38. The maximum absolute atomic E-state index is 13.7. The van der Waals surface area contributed by atoms with Gasteiger partial charge in [-0.2, -0.15) is 0 Å². The Labute approximate surface area is 155 Å². The van der Waals surface area contributed by atoms with Gasteiger partial charge in [0.2, 0.25) is 0 Å². The molecule has 0 amide bonds. The first kappa shape index (κ1) is 20.4. The second-order valence-corrected chi connectivity index (χ2v) is 10.1. The molecule has 1 aromatic carbocycles. The van der Waals surface area contributed by atoms with Crippen molar-refractivity contribution in [2.45, 2.75) is 63.4 Å². The first-order chi connectivity index (χ1) is 11.7. The van der Waals surface area contributed by atoms with Gasteiger partial charge < -0.3 is 4.55 Å². The molecule has 1 unspecified atom stereocenters. The van der Waals surface area contributed by atoms with Gasteiger partial charge in [0.15, 0.2) is 0 Å². The Hall–Kier alpha value is -0.880. The molecule has 1 fully saturated rings. The van der Waals surface area contributed by atoms with Gasteiger partial charge in [0.25, 0.3) is 0 Å². The van der Waals surface area contributed by atoms with Crippen molar-refractivity contribution in [3.8, 4) is 0 Å². The van der Waals surface area contributed by atoms with Crippen molar-refractivity contribution < 1.29 is 8.94 Å². The molecule has 1 saturated heterocycles. The van der Waals surface area contributed by atoms with Crippen molar-refractivity contribution >= 4 is 11.4 Å². The van der Waals surface area contributed by atoms with Crippen LogP contribution in [0.3, 0.4) is 0 Å². The summed E-state index contributed by atoms with van der Waals surface area (Å²) in [6, 6.07) is 7.46.